The molecule has 0 aromatic carbocycles. The van der Waals surface area contributed by atoms with Crippen LogP contribution in [0.5, 0.6) is 0 Å². The van der Waals surface area contributed by atoms with Crippen LogP contribution in [0.25, 0.3) is 0 Å². The first-order valence-corrected chi connectivity index (χ1v) is 23.5. The summed E-state index contributed by atoms with van der Waals surface area (Å²) in [5.41, 5.74) is 0. The summed E-state index contributed by atoms with van der Waals surface area (Å²) in [6, 6.07) is 10.2. The maximum absolute atomic E-state index is 2.80. The van der Waals surface area contributed by atoms with E-state index < -0.39 is 39.1 Å². The van der Waals surface area contributed by atoms with E-state index in [0.717, 1.165) is 29.3 Å². The van der Waals surface area contributed by atoms with Gasteiger partial charge in [0.1, 0.15) is 0 Å². The van der Waals surface area contributed by atoms with Gasteiger partial charge in [0.05, 0.1) is 0 Å². The topological polar surface area (TPSA) is 0 Å². The average Bonchev–Trinajstić information content (AvgIpc) is 3.34. The van der Waals surface area contributed by atoms with Crippen molar-refractivity contribution < 1.29 is 47.7 Å². The maximum Gasteiger partial charge on any atom is -1.00 e. The SMILES string of the molecule is CCC[Si]1([C]2([Hf+2][C]3([Si]4(CCC)CCC4)CCC4C=CC=CC43)CCC3C=CC=CC32)CCC1.[Cl-].[Cl-]. The van der Waals surface area contributed by atoms with Crippen LogP contribution in [0.4, 0.5) is 0 Å². The molecule has 6 unspecified atom stereocenters. The van der Waals surface area contributed by atoms with E-state index in [9.17, 15) is 0 Å². The minimum atomic E-state index is -1.15. The molecule has 0 nitrogen and oxygen atoms in total. The van der Waals surface area contributed by atoms with Crippen molar-refractivity contribution in [1.29, 1.82) is 0 Å². The van der Waals surface area contributed by atoms with E-state index in [2.05, 4.69) is 62.5 Å². The van der Waals surface area contributed by atoms with Crippen molar-refractivity contribution in [3.63, 3.8) is 0 Å². The molecule has 6 rings (SSSR count). The quantitative estimate of drug-likeness (QED) is 0.340. The van der Waals surface area contributed by atoms with Crippen molar-refractivity contribution in [2.24, 2.45) is 23.7 Å². The Morgan fingerprint density at radius 2 is 1.06 bits per heavy atom. The fourth-order valence-electron chi connectivity index (χ4n) is 10.2. The molecular formula is C30H46Cl2HfSi2. The molecular weight excluding hydrogens is 666 g/mol. The van der Waals surface area contributed by atoms with Crippen LogP contribution in [-0.4, -0.2) is 16.1 Å². The molecule has 4 aliphatic carbocycles. The average molecular weight is 712 g/mol. The number of halogens is 2. The number of allylic oxidation sites excluding steroid dienone is 8. The second kappa shape index (κ2) is 11.1. The van der Waals surface area contributed by atoms with Gasteiger partial charge in [0.15, 0.2) is 0 Å². The molecule has 192 valence electrons. The molecule has 2 aliphatic heterocycles. The Kier molecular flexibility index (Phi) is 9.18. The summed E-state index contributed by atoms with van der Waals surface area (Å²) in [5.74, 6) is 3.75. The summed E-state index contributed by atoms with van der Waals surface area (Å²) < 4.78 is 1.81. The molecule has 2 saturated heterocycles. The van der Waals surface area contributed by atoms with Crippen LogP contribution in [0.3, 0.4) is 0 Å². The summed E-state index contributed by atoms with van der Waals surface area (Å²) >= 11 is -0.940. The summed E-state index contributed by atoms with van der Waals surface area (Å²) in [6.07, 6.45) is 33.3. The van der Waals surface area contributed by atoms with E-state index >= 15 is 0 Å². The predicted molar refractivity (Wildman–Crippen MR) is 145 cm³/mol. The zero-order valence-corrected chi connectivity index (χ0v) is 29.2. The van der Waals surface area contributed by atoms with Crippen LogP contribution in [0.15, 0.2) is 48.6 Å². The third-order valence-electron chi connectivity index (χ3n) is 11.8. The summed E-state index contributed by atoms with van der Waals surface area (Å²) in [4.78, 5) is 0. The number of hydrogen-bond donors (Lipinski definition) is 0. The second-order valence-corrected chi connectivity index (χ2v) is 33.6. The van der Waals surface area contributed by atoms with Crippen LogP contribution in [0.1, 0.15) is 65.2 Å². The van der Waals surface area contributed by atoms with Gasteiger partial charge in [-0.05, 0) is 0 Å². The molecule has 0 amide bonds. The standard InChI is InChI=1S/2C15H23Si.2ClH.Hf/c2*1-2-10-16(11-5-12-16)15-9-8-13-6-3-4-7-14(13)15;;;/h2*3-4,6-7,13-14H,2,5,8-12H2,1H3;2*1H;/q;;;;+2/p-2. The smallest absolute Gasteiger partial charge is 1.00 e. The molecule has 0 radical (unpaired) electrons. The molecule has 0 bridgehead atoms. The zero-order chi connectivity index (χ0) is 22.6. The first kappa shape index (κ1) is 28.8. The fraction of sp³-hybridized carbons (Fsp3) is 0.733. The molecule has 5 heteroatoms. The van der Waals surface area contributed by atoms with Gasteiger partial charge in [0.2, 0.25) is 0 Å². The summed E-state index contributed by atoms with van der Waals surface area (Å²) in [5, 5.41) is 0. The van der Waals surface area contributed by atoms with Gasteiger partial charge in [-0.25, -0.2) is 0 Å². The molecule has 2 heterocycles. The second-order valence-electron chi connectivity index (χ2n) is 12.8. The minimum absolute atomic E-state index is 0. The van der Waals surface area contributed by atoms with Crippen molar-refractivity contribution in [3.8, 4) is 0 Å². The van der Waals surface area contributed by atoms with Gasteiger partial charge in [-0.2, -0.15) is 0 Å². The molecule has 6 atom stereocenters. The van der Waals surface area contributed by atoms with Crippen molar-refractivity contribution >= 4 is 16.1 Å². The van der Waals surface area contributed by atoms with Gasteiger partial charge in [0.25, 0.3) is 0 Å². The van der Waals surface area contributed by atoms with Crippen molar-refractivity contribution in [1.82, 2.24) is 0 Å². The van der Waals surface area contributed by atoms with Crippen LogP contribution in [0.2, 0.25) is 41.9 Å². The molecule has 0 aromatic heterocycles. The summed E-state index contributed by atoms with van der Waals surface area (Å²) in [6.45, 7) is 5.07. The third kappa shape index (κ3) is 4.18. The Morgan fingerprint density at radius 3 is 1.40 bits per heavy atom. The molecule has 2 saturated carbocycles. The van der Waals surface area contributed by atoms with Crippen molar-refractivity contribution in [2.45, 2.75) is 107 Å². The first-order valence-electron chi connectivity index (χ1n) is 14.6. The van der Waals surface area contributed by atoms with Crippen molar-refractivity contribution in [3.05, 3.63) is 48.6 Å². The van der Waals surface area contributed by atoms with Gasteiger partial charge in [-0.1, -0.05) is 0 Å². The van der Waals surface area contributed by atoms with E-state index in [0.29, 0.717) is 0 Å². The Bertz CT molecular complexity index is 804. The minimum Gasteiger partial charge on any atom is -1.00 e. The Hall–Kier alpha value is 0.844. The maximum atomic E-state index is 2.80. The number of rotatable bonds is 8. The van der Waals surface area contributed by atoms with Crippen molar-refractivity contribution in [2.75, 3.05) is 0 Å². The van der Waals surface area contributed by atoms with Gasteiger partial charge >= 0.3 is 218 Å². The fourth-order valence-corrected chi connectivity index (χ4v) is 48.9. The molecule has 6 aliphatic rings. The van der Waals surface area contributed by atoms with Gasteiger partial charge in [0, 0.05) is 0 Å². The van der Waals surface area contributed by atoms with Crippen LogP contribution in [-0.2, 0) is 22.9 Å². The van der Waals surface area contributed by atoms with Crippen LogP contribution < -0.4 is 24.8 Å². The number of hydrogen-bond acceptors (Lipinski definition) is 0. The Labute approximate surface area is 241 Å². The van der Waals surface area contributed by atoms with Crippen LogP contribution in [0, 0.1) is 23.7 Å². The molecule has 0 spiro atoms. The zero-order valence-electron chi connectivity index (χ0n) is 22.1. The third-order valence-corrected chi connectivity index (χ3v) is 45.8. The van der Waals surface area contributed by atoms with E-state index in [-0.39, 0.29) is 24.8 Å². The summed E-state index contributed by atoms with van der Waals surface area (Å²) in [7, 11) is -2.30. The molecule has 4 fully saturated rings. The molecule has 0 N–H and O–H groups in total. The largest absolute Gasteiger partial charge is 1.00 e. The first-order chi connectivity index (χ1) is 16.1. The van der Waals surface area contributed by atoms with E-state index in [1.165, 1.54) is 12.8 Å². The Balaban J connectivity index is 0.00000144. The van der Waals surface area contributed by atoms with Gasteiger partial charge in [-0.15, -0.1) is 0 Å². The van der Waals surface area contributed by atoms with E-state index in [4.69, 9.17) is 0 Å². The number of fused-ring (bicyclic) bond motifs is 2. The molecule has 35 heavy (non-hydrogen) atoms. The van der Waals surface area contributed by atoms with Gasteiger partial charge < -0.3 is 24.8 Å². The van der Waals surface area contributed by atoms with Gasteiger partial charge in [-0.3, -0.25) is 0 Å². The van der Waals surface area contributed by atoms with Crippen LogP contribution >= 0.6 is 0 Å². The normalized spacial score (nSPS) is 41.0. The monoisotopic (exact) mass is 712 g/mol. The Morgan fingerprint density at radius 1 is 0.657 bits per heavy atom. The molecule has 0 aromatic rings. The van der Waals surface area contributed by atoms with E-state index in [1.807, 2.05) is 0 Å². The predicted octanol–water partition coefficient (Wildman–Crippen LogP) is 3.30. The van der Waals surface area contributed by atoms with E-state index in [1.54, 1.807) is 74.8 Å².